The summed E-state index contributed by atoms with van der Waals surface area (Å²) in [4.78, 5) is 18.6. The van der Waals surface area contributed by atoms with Crippen LogP contribution in [0, 0.1) is 3.57 Å². The topological polar surface area (TPSA) is 42.4 Å². The number of ether oxygens (including phenoxy) is 1. The lowest BCUT2D eigenvalue weighted by Crippen LogP contribution is -2.44. The Morgan fingerprint density at radius 2 is 2.00 bits per heavy atom. The minimum absolute atomic E-state index is 0.0142. The van der Waals surface area contributed by atoms with Crippen molar-refractivity contribution in [1.82, 2.24) is 9.88 Å². The fourth-order valence-corrected chi connectivity index (χ4v) is 3.83. The van der Waals surface area contributed by atoms with Gasteiger partial charge < -0.3 is 9.64 Å². The average Bonchev–Trinajstić information content (AvgIpc) is 2.46. The molecule has 0 bridgehead atoms. The lowest BCUT2D eigenvalue weighted by atomic mass is 10.2. The maximum Gasteiger partial charge on any atom is 0.260 e. The summed E-state index contributed by atoms with van der Waals surface area (Å²) in [6.07, 6.45) is 1.69. The molecule has 0 unspecified atom stereocenters. The van der Waals surface area contributed by atoms with Crippen molar-refractivity contribution in [3.05, 3.63) is 33.0 Å². The summed E-state index contributed by atoms with van der Waals surface area (Å²) in [6, 6.07) is 5.81. The highest BCUT2D eigenvalue weighted by molar-refractivity contribution is 14.1. The van der Waals surface area contributed by atoms with Crippen LogP contribution in [0.15, 0.2) is 24.4 Å². The van der Waals surface area contributed by atoms with E-state index in [0.717, 1.165) is 8.96 Å². The van der Waals surface area contributed by atoms with E-state index in [1.807, 2.05) is 50.8 Å². The number of hydrogen-bond donors (Lipinski definition) is 0. The van der Waals surface area contributed by atoms with Crippen LogP contribution in [0.1, 0.15) is 27.7 Å². The van der Waals surface area contributed by atoms with E-state index < -0.39 is 0 Å². The van der Waals surface area contributed by atoms with Gasteiger partial charge in [0.25, 0.3) is 5.91 Å². The first kappa shape index (κ1) is 18.3. The van der Waals surface area contributed by atoms with Crippen molar-refractivity contribution in [2.45, 2.75) is 39.8 Å². The number of benzene rings is 1. The molecule has 1 aromatic heterocycles. The van der Waals surface area contributed by atoms with Crippen LogP contribution in [0.2, 0.25) is 5.02 Å². The highest BCUT2D eigenvalue weighted by atomic mass is 127. The van der Waals surface area contributed by atoms with E-state index in [9.17, 15) is 4.79 Å². The first-order valence-corrected chi connectivity index (χ1v) is 8.95. The molecule has 0 spiro atoms. The van der Waals surface area contributed by atoms with Crippen LogP contribution in [-0.4, -0.2) is 34.5 Å². The molecule has 0 saturated carbocycles. The smallest absolute Gasteiger partial charge is 0.260 e. The number of hydrogen-bond acceptors (Lipinski definition) is 3. The number of carbonyl (C=O) groups is 1. The molecular formula is C17H20ClIN2O2. The van der Waals surface area contributed by atoms with E-state index in [1.54, 1.807) is 6.20 Å². The van der Waals surface area contributed by atoms with Gasteiger partial charge in [-0.15, -0.1) is 0 Å². The maximum atomic E-state index is 12.5. The van der Waals surface area contributed by atoms with Crippen LogP contribution >= 0.6 is 34.2 Å². The van der Waals surface area contributed by atoms with Crippen LogP contribution in [0.25, 0.3) is 10.9 Å². The normalized spacial score (nSPS) is 11.3. The molecule has 2 rings (SSSR count). The molecule has 0 atom stereocenters. The molecule has 6 heteroatoms. The van der Waals surface area contributed by atoms with Crippen molar-refractivity contribution in [1.29, 1.82) is 0 Å². The first-order chi connectivity index (χ1) is 10.8. The predicted molar refractivity (Wildman–Crippen MR) is 102 cm³/mol. The molecule has 4 nitrogen and oxygen atoms in total. The number of amides is 1. The Balaban J connectivity index is 2.28. The highest BCUT2D eigenvalue weighted by Crippen LogP contribution is 2.34. The van der Waals surface area contributed by atoms with Crippen LogP contribution in [0.5, 0.6) is 5.75 Å². The molecule has 0 N–H and O–H groups in total. The van der Waals surface area contributed by atoms with Gasteiger partial charge in [0, 0.05) is 23.7 Å². The van der Waals surface area contributed by atoms with Gasteiger partial charge in [-0.1, -0.05) is 11.6 Å². The number of carbonyl (C=O) groups excluding carboxylic acids is 1. The standard InChI is InChI=1S/C17H20ClIN2O2/c1-10(2)21(11(3)4)15(22)9-23-17-14(19)8-13(18)12-6-5-7-20-16(12)17/h5-8,10-11H,9H2,1-4H3. The molecule has 124 valence electrons. The highest BCUT2D eigenvalue weighted by Gasteiger charge is 2.21. The molecule has 0 saturated heterocycles. The number of rotatable bonds is 5. The first-order valence-electron chi connectivity index (χ1n) is 7.49. The minimum Gasteiger partial charge on any atom is -0.480 e. The van der Waals surface area contributed by atoms with E-state index in [-0.39, 0.29) is 24.6 Å². The van der Waals surface area contributed by atoms with Crippen molar-refractivity contribution in [2.75, 3.05) is 6.61 Å². The van der Waals surface area contributed by atoms with Crippen molar-refractivity contribution in [3.8, 4) is 5.75 Å². The summed E-state index contributed by atoms with van der Waals surface area (Å²) < 4.78 is 6.67. The van der Waals surface area contributed by atoms with Crippen molar-refractivity contribution in [2.24, 2.45) is 0 Å². The Hall–Kier alpha value is -1.08. The van der Waals surface area contributed by atoms with Gasteiger partial charge in [-0.2, -0.15) is 0 Å². The zero-order valence-corrected chi connectivity index (χ0v) is 16.6. The average molecular weight is 447 g/mol. The molecule has 1 amide bonds. The zero-order chi connectivity index (χ0) is 17.1. The van der Waals surface area contributed by atoms with Crippen LogP contribution in [-0.2, 0) is 4.79 Å². The number of fused-ring (bicyclic) bond motifs is 1. The monoisotopic (exact) mass is 446 g/mol. The van der Waals surface area contributed by atoms with Crippen molar-refractivity contribution >= 4 is 51.0 Å². The SMILES string of the molecule is CC(C)N(C(=O)COc1c(I)cc(Cl)c2cccnc12)C(C)C. The third-order valence-electron chi connectivity index (χ3n) is 3.49. The molecule has 0 aliphatic heterocycles. The van der Waals surface area contributed by atoms with Crippen molar-refractivity contribution < 1.29 is 9.53 Å². The molecule has 23 heavy (non-hydrogen) atoms. The van der Waals surface area contributed by atoms with Gasteiger partial charge in [-0.3, -0.25) is 9.78 Å². The van der Waals surface area contributed by atoms with E-state index in [1.165, 1.54) is 0 Å². The number of nitrogens with zero attached hydrogens (tertiary/aromatic N) is 2. The second kappa shape index (κ2) is 7.66. The van der Waals surface area contributed by atoms with E-state index in [2.05, 4.69) is 27.6 Å². The number of pyridine rings is 1. The Kier molecular flexibility index (Phi) is 6.08. The van der Waals surface area contributed by atoms with Crippen LogP contribution < -0.4 is 4.74 Å². The summed E-state index contributed by atoms with van der Waals surface area (Å²) in [7, 11) is 0. The van der Waals surface area contributed by atoms with Crippen molar-refractivity contribution in [3.63, 3.8) is 0 Å². The Morgan fingerprint density at radius 3 is 2.61 bits per heavy atom. The quantitative estimate of drug-likeness (QED) is 0.634. The number of aromatic nitrogens is 1. The summed E-state index contributed by atoms with van der Waals surface area (Å²) in [5.41, 5.74) is 0.679. The number of halogens is 2. The summed E-state index contributed by atoms with van der Waals surface area (Å²) in [5.74, 6) is 0.566. The second-order valence-electron chi connectivity index (χ2n) is 5.85. The molecule has 0 aliphatic rings. The Labute approximate surface area is 155 Å². The van der Waals surface area contributed by atoms with Gasteiger partial charge >= 0.3 is 0 Å². The summed E-state index contributed by atoms with van der Waals surface area (Å²) in [6.45, 7) is 7.99. The molecule has 0 radical (unpaired) electrons. The fraction of sp³-hybridized carbons (Fsp3) is 0.412. The van der Waals surface area contributed by atoms with Gasteiger partial charge in [-0.25, -0.2) is 0 Å². The van der Waals surface area contributed by atoms with Gasteiger partial charge in [-0.05, 0) is 68.5 Å². The lowest BCUT2D eigenvalue weighted by Gasteiger charge is -2.30. The molecule has 1 aromatic carbocycles. The third-order valence-corrected chi connectivity index (χ3v) is 4.61. The zero-order valence-electron chi connectivity index (χ0n) is 13.6. The van der Waals surface area contributed by atoms with Gasteiger partial charge in [0.2, 0.25) is 0 Å². The molecule has 1 heterocycles. The largest absolute Gasteiger partial charge is 0.480 e. The van der Waals surface area contributed by atoms with Gasteiger partial charge in [0.05, 0.1) is 8.59 Å². The fourth-order valence-electron chi connectivity index (χ4n) is 2.66. The van der Waals surface area contributed by atoms with Gasteiger partial charge in [0.1, 0.15) is 5.52 Å². The maximum absolute atomic E-state index is 12.5. The van der Waals surface area contributed by atoms with Crippen LogP contribution in [0.3, 0.4) is 0 Å². The second-order valence-corrected chi connectivity index (χ2v) is 7.42. The minimum atomic E-state index is -0.0372. The summed E-state index contributed by atoms with van der Waals surface area (Å²) >= 11 is 8.41. The lowest BCUT2D eigenvalue weighted by molar-refractivity contribution is -0.136. The van der Waals surface area contributed by atoms with E-state index in [0.29, 0.717) is 16.3 Å². The molecular weight excluding hydrogens is 427 g/mol. The van der Waals surface area contributed by atoms with E-state index in [4.69, 9.17) is 16.3 Å². The predicted octanol–water partition coefficient (Wildman–Crippen LogP) is 4.52. The molecule has 2 aromatic rings. The van der Waals surface area contributed by atoms with Crippen LogP contribution in [0.4, 0.5) is 0 Å². The van der Waals surface area contributed by atoms with Gasteiger partial charge in [0.15, 0.2) is 12.4 Å². The molecule has 0 fully saturated rings. The Bertz CT molecular complexity index is 711. The third kappa shape index (κ3) is 4.07. The Morgan fingerprint density at radius 1 is 1.35 bits per heavy atom. The van der Waals surface area contributed by atoms with E-state index >= 15 is 0 Å². The molecule has 0 aliphatic carbocycles. The summed E-state index contributed by atoms with van der Waals surface area (Å²) in [5, 5.41) is 1.45.